The summed E-state index contributed by atoms with van der Waals surface area (Å²) < 4.78 is 2.28. The van der Waals surface area contributed by atoms with Crippen LogP contribution >= 0.6 is 0 Å². The Bertz CT molecular complexity index is 1510. The highest BCUT2D eigenvalue weighted by Gasteiger charge is 2.30. The number of aryl methyl sites for hydroxylation is 3. The van der Waals surface area contributed by atoms with E-state index in [0.717, 1.165) is 65.4 Å². The quantitative estimate of drug-likeness (QED) is 0.296. The number of ketones is 1. The molecule has 5 heteroatoms. The van der Waals surface area contributed by atoms with E-state index in [-0.39, 0.29) is 5.91 Å². The van der Waals surface area contributed by atoms with Crippen molar-refractivity contribution in [1.82, 2.24) is 9.55 Å². The van der Waals surface area contributed by atoms with Crippen molar-refractivity contribution in [1.29, 1.82) is 0 Å². The molecule has 1 aliphatic heterocycles. The van der Waals surface area contributed by atoms with Gasteiger partial charge < -0.3 is 9.47 Å². The summed E-state index contributed by atoms with van der Waals surface area (Å²) >= 11 is 0. The largest absolute Gasteiger partial charge is 0.323 e. The standard InChI is InChI=1S/C33H33N3O2/c1-22-20-27(15-12-25(22)16-17-31(37)26-13-14-26)33(38)35-19-18-29-32(28-10-6-7-11-30(28)35)36(23(2)34-29)21-24-8-4-3-5-9-24/h3-12,15,20,26H,13-14,16-19,21H2,1-2H3. The summed E-state index contributed by atoms with van der Waals surface area (Å²) in [5.41, 5.74) is 8.21. The minimum absolute atomic E-state index is 0.00218. The van der Waals surface area contributed by atoms with E-state index in [2.05, 4.69) is 41.8 Å². The molecule has 0 unspecified atom stereocenters. The van der Waals surface area contributed by atoms with Gasteiger partial charge in [-0.15, -0.1) is 0 Å². The van der Waals surface area contributed by atoms with Crippen LogP contribution in [0.15, 0.2) is 72.8 Å². The van der Waals surface area contributed by atoms with Gasteiger partial charge in [0.2, 0.25) is 0 Å². The summed E-state index contributed by atoms with van der Waals surface area (Å²) in [6.07, 6.45) is 4.13. The van der Waals surface area contributed by atoms with Gasteiger partial charge in [-0.05, 0) is 68.0 Å². The number of benzene rings is 3. The van der Waals surface area contributed by atoms with Crippen LogP contribution in [-0.2, 0) is 24.2 Å². The van der Waals surface area contributed by atoms with E-state index < -0.39 is 0 Å². The summed E-state index contributed by atoms with van der Waals surface area (Å²) in [5, 5.41) is 0. The zero-order chi connectivity index (χ0) is 26.2. The van der Waals surface area contributed by atoms with Gasteiger partial charge in [0, 0.05) is 43.0 Å². The summed E-state index contributed by atoms with van der Waals surface area (Å²) in [6.45, 7) is 5.41. The molecule has 1 amide bonds. The Labute approximate surface area is 224 Å². The molecule has 1 aromatic heterocycles. The number of hydrogen-bond donors (Lipinski definition) is 0. The highest BCUT2D eigenvalue weighted by Crippen LogP contribution is 2.38. The number of para-hydroxylation sites is 1. The molecular weight excluding hydrogens is 470 g/mol. The van der Waals surface area contributed by atoms with Gasteiger partial charge in [-0.3, -0.25) is 9.59 Å². The maximum Gasteiger partial charge on any atom is 0.258 e. The number of amides is 1. The zero-order valence-corrected chi connectivity index (χ0v) is 22.1. The maximum absolute atomic E-state index is 13.9. The smallest absolute Gasteiger partial charge is 0.258 e. The van der Waals surface area contributed by atoms with Crippen molar-refractivity contribution in [2.24, 2.45) is 5.92 Å². The van der Waals surface area contributed by atoms with E-state index in [9.17, 15) is 9.59 Å². The maximum atomic E-state index is 13.9. The van der Waals surface area contributed by atoms with E-state index in [0.29, 0.717) is 36.7 Å². The lowest BCUT2D eigenvalue weighted by Gasteiger charge is -2.24. The highest BCUT2D eigenvalue weighted by molar-refractivity contribution is 6.08. The number of aromatic nitrogens is 2. The molecular formula is C33H33N3O2. The number of rotatable bonds is 7. The Morgan fingerprint density at radius 3 is 2.47 bits per heavy atom. The van der Waals surface area contributed by atoms with Gasteiger partial charge in [0.1, 0.15) is 11.6 Å². The Hall–Kier alpha value is -3.99. The number of hydrogen-bond acceptors (Lipinski definition) is 3. The second-order valence-corrected chi connectivity index (χ2v) is 10.6. The Morgan fingerprint density at radius 2 is 1.71 bits per heavy atom. The predicted octanol–water partition coefficient (Wildman–Crippen LogP) is 6.33. The summed E-state index contributed by atoms with van der Waals surface area (Å²) in [7, 11) is 0. The van der Waals surface area contributed by atoms with Crippen LogP contribution in [0, 0.1) is 19.8 Å². The number of carbonyl (C=O) groups is 2. The predicted molar refractivity (Wildman–Crippen MR) is 151 cm³/mol. The third kappa shape index (κ3) is 4.69. The molecule has 0 atom stereocenters. The first-order valence-electron chi connectivity index (χ1n) is 13.6. The van der Waals surface area contributed by atoms with Crippen molar-refractivity contribution in [2.45, 2.75) is 52.5 Å². The van der Waals surface area contributed by atoms with Crippen molar-refractivity contribution in [3.05, 3.63) is 107 Å². The van der Waals surface area contributed by atoms with Gasteiger partial charge in [0.25, 0.3) is 5.91 Å². The number of fused-ring (bicyclic) bond motifs is 3. The third-order valence-corrected chi connectivity index (χ3v) is 7.94. The molecule has 1 aliphatic carbocycles. The van der Waals surface area contributed by atoms with Crippen LogP contribution in [0.25, 0.3) is 11.3 Å². The van der Waals surface area contributed by atoms with Gasteiger partial charge in [0.05, 0.1) is 17.1 Å². The summed E-state index contributed by atoms with van der Waals surface area (Å²) in [6, 6.07) is 24.5. The van der Waals surface area contributed by atoms with Crippen LogP contribution in [0.3, 0.4) is 0 Å². The van der Waals surface area contributed by atoms with Crippen LogP contribution in [-0.4, -0.2) is 27.8 Å². The van der Waals surface area contributed by atoms with E-state index in [1.165, 1.54) is 5.56 Å². The van der Waals surface area contributed by atoms with Crippen molar-refractivity contribution in [3.8, 4) is 11.3 Å². The Kier molecular flexibility index (Phi) is 6.44. The van der Waals surface area contributed by atoms with Gasteiger partial charge in [0.15, 0.2) is 0 Å². The fourth-order valence-corrected chi connectivity index (χ4v) is 5.65. The molecule has 0 saturated heterocycles. The molecule has 192 valence electrons. The first-order chi connectivity index (χ1) is 18.5. The average Bonchev–Trinajstić information content (AvgIpc) is 3.75. The molecule has 0 spiro atoms. The Balaban J connectivity index is 1.30. The van der Waals surface area contributed by atoms with Crippen molar-refractivity contribution >= 4 is 17.4 Å². The molecule has 3 aromatic carbocycles. The van der Waals surface area contributed by atoms with Gasteiger partial charge in [-0.25, -0.2) is 4.98 Å². The molecule has 1 saturated carbocycles. The van der Waals surface area contributed by atoms with Crippen LogP contribution in [0.4, 0.5) is 5.69 Å². The molecule has 0 bridgehead atoms. The molecule has 6 rings (SSSR count). The number of nitrogens with zero attached hydrogens (tertiary/aromatic N) is 3. The minimum Gasteiger partial charge on any atom is -0.323 e. The average molecular weight is 504 g/mol. The van der Waals surface area contributed by atoms with Gasteiger partial charge in [-0.2, -0.15) is 0 Å². The molecule has 4 aromatic rings. The highest BCUT2D eigenvalue weighted by atomic mass is 16.2. The number of anilines is 1. The molecule has 0 radical (unpaired) electrons. The van der Waals surface area contributed by atoms with Crippen LogP contribution in [0.2, 0.25) is 0 Å². The molecule has 2 heterocycles. The van der Waals surface area contributed by atoms with Crippen LogP contribution in [0.5, 0.6) is 0 Å². The third-order valence-electron chi connectivity index (χ3n) is 7.94. The zero-order valence-electron chi connectivity index (χ0n) is 22.1. The van der Waals surface area contributed by atoms with Gasteiger partial charge in [-0.1, -0.05) is 54.6 Å². The lowest BCUT2D eigenvalue weighted by Crippen LogP contribution is -2.32. The van der Waals surface area contributed by atoms with E-state index in [1.807, 2.05) is 54.3 Å². The molecule has 2 aliphatic rings. The van der Waals surface area contributed by atoms with Gasteiger partial charge >= 0.3 is 0 Å². The first-order valence-corrected chi connectivity index (χ1v) is 13.6. The lowest BCUT2D eigenvalue weighted by atomic mass is 9.98. The number of carbonyl (C=O) groups excluding carboxylic acids is 2. The number of Topliss-reactive ketones (excluding diaryl/α,β-unsaturated/α-hetero) is 1. The monoisotopic (exact) mass is 503 g/mol. The van der Waals surface area contributed by atoms with E-state index in [4.69, 9.17) is 4.98 Å². The second-order valence-electron chi connectivity index (χ2n) is 10.6. The van der Waals surface area contributed by atoms with Crippen LogP contribution < -0.4 is 4.90 Å². The lowest BCUT2D eigenvalue weighted by molar-refractivity contribution is -0.120. The fraction of sp³-hybridized carbons (Fsp3) is 0.303. The second kappa shape index (κ2) is 10.1. The normalized spacial score (nSPS) is 14.5. The van der Waals surface area contributed by atoms with Crippen molar-refractivity contribution in [2.75, 3.05) is 11.4 Å². The first kappa shape index (κ1) is 24.4. The Morgan fingerprint density at radius 1 is 0.947 bits per heavy atom. The molecule has 38 heavy (non-hydrogen) atoms. The SMILES string of the molecule is Cc1cc(C(=O)N2CCc3nc(C)n(Cc4ccccc4)c3-c3ccccc32)ccc1CCC(=O)C1CC1. The molecule has 5 nitrogen and oxygen atoms in total. The molecule has 0 N–H and O–H groups in total. The van der Waals surface area contributed by atoms with E-state index in [1.54, 1.807) is 0 Å². The van der Waals surface area contributed by atoms with E-state index >= 15 is 0 Å². The van der Waals surface area contributed by atoms with Crippen molar-refractivity contribution < 1.29 is 9.59 Å². The number of imidazole rings is 1. The van der Waals surface area contributed by atoms with Crippen LogP contribution in [0.1, 0.15) is 57.8 Å². The van der Waals surface area contributed by atoms with Crippen molar-refractivity contribution in [3.63, 3.8) is 0 Å². The minimum atomic E-state index is -0.00218. The summed E-state index contributed by atoms with van der Waals surface area (Å²) in [4.78, 5) is 32.9. The fourth-order valence-electron chi connectivity index (χ4n) is 5.65. The summed E-state index contributed by atoms with van der Waals surface area (Å²) in [5.74, 6) is 1.66. The molecule has 1 fully saturated rings. The topological polar surface area (TPSA) is 55.2 Å².